The lowest BCUT2D eigenvalue weighted by Gasteiger charge is -2.23. The lowest BCUT2D eigenvalue weighted by atomic mass is 9.94. The van der Waals surface area contributed by atoms with E-state index in [1.807, 2.05) is 48.7 Å². The van der Waals surface area contributed by atoms with Crippen molar-refractivity contribution in [2.75, 3.05) is 19.6 Å². The molecule has 1 saturated heterocycles. The van der Waals surface area contributed by atoms with Crippen molar-refractivity contribution in [3.05, 3.63) is 106 Å². The third kappa shape index (κ3) is 5.56. The highest BCUT2D eigenvalue weighted by Gasteiger charge is 2.22. The van der Waals surface area contributed by atoms with Gasteiger partial charge in [-0.15, -0.1) is 0 Å². The van der Waals surface area contributed by atoms with E-state index in [9.17, 15) is 9.18 Å². The van der Waals surface area contributed by atoms with E-state index in [-0.39, 0.29) is 11.7 Å². The van der Waals surface area contributed by atoms with E-state index in [2.05, 4.69) is 44.1 Å². The van der Waals surface area contributed by atoms with Gasteiger partial charge >= 0.3 is 0 Å². The van der Waals surface area contributed by atoms with Crippen molar-refractivity contribution in [2.24, 2.45) is 5.92 Å². The predicted molar refractivity (Wildman–Crippen MR) is 167 cm³/mol. The topological polar surface area (TPSA) is 111 Å². The van der Waals surface area contributed by atoms with Crippen LogP contribution in [-0.4, -0.2) is 45.7 Å². The van der Waals surface area contributed by atoms with Crippen LogP contribution in [0.3, 0.4) is 0 Å². The quantitative estimate of drug-likeness (QED) is 0.213. The Balaban J connectivity index is 1.18. The lowest BCUT2D eigenvalue weighted by molar-refractivity contribution is -0.121. The first-order valence-corrected chi connectivity index (χ1v) is 14.9. The zero-order valence-corrected chi connectivity index (χ0v) is 24.1. The van der Waals surface area contributed by atoms with Crippen molar-refractivity contribution in [2.45, 2.75) is 32.6 Å². The number of hydrogen-bond acceptors (Lipinski definition) is 5. The van der Waals surface area contributed by atoms with Crippen LogP contribution >= 0.6 is 0 Å². The minimum Gasteiger partial charge on any atom is -0.385 e. The van der Waals surface area contributed by atoms with E-state index < -0.39 is 0 Å². The number of rotatable bonds is 6. The Kier molecular flexibility index (Phi) is 7.24. The molecule has 1 aromatic carbocycles. The summed E-state index contributed by atoms with van der Waals surface area (Å²) in [5, 5.41) is 17.5. The van der Waals surface area contributed by atoms with Crippen LogP contribution in [0.25, 0.3) is 33.6 Å². The number of benzene rings is 1. The summed E-state index contributed by atoms with van der Waals surface area (Å²) in [5.74, 6) is 0.233. The SMILES string of the molecule is CC1=CC=C(c2ccccc2F)c2cc(-c3n[nH]c4ccc(C5=CNCC(NC(=O)CC6CCNCC6)=C5)nc34)[nH]c2C1. The van der Waals surface area contributed by atoms with Gasteiger partial charge in [0.15, 0.2) is 0 Å². The predicted octanol–water partition coefficient (Wildman–Crippen LogP) is 5.36. The molecule has 0 spiro atoms. The zero-order valence-electron chi connectivity index (χ0n) is 24.1. The van der Waals surface area contributed by atoms with Crippen molar-refractivity contribution < 1.29 is 9.18 Å². The number of amides is 1. The Labute approximate surface area is 249 Å². The molecule has 0 bridgehead atoms. The van der Waals surface area contributed by atoms with Crippen molar-refractivity contribution in [3.8, 4) is 11.4 Å². The van der Waals surface area contributed by atoms with E-state index in [1.54, 1.807) is 6.07 Å². The van der Waals surface area contributed by atoms with Crippen LogP contribution in [-0.2, 0) is 11.2 Å². The fourth-order valence-corrected chi connectivity index (χ4v) is 6.18. The molecule has 7 rings (SSSR count). The molecule has 43 heavy (non-hydrogen) atoms. The highest BCUT2D eigenvalue weighted by Crippen LogP contribution is 2.36. The number of piperidine rings is 1. The van der Waals surface area contributed by atoms with Gasteiger partial charge in [0.25, 0.3) is 0 Å². The molecular formula is C34H34FN7O. The van der Waals surface area contributed by atoms with Gasteiger partial charge in [-0.05, 0) is 74.7 Å². The number of dihydropyridines is 1. The number of halogens is 1. The number of nitrogens with zero attached hydrogens (tertiary/aromatic N) is 2. The molecule has 1 amide bonds. The Morgan fingerprint density at radius 2 is 1.95 bits per heavy atom. The van der Waals surface area contributed by atoms with Crippen LogP contribution in [0, 0.1) is 11.7 Å². The molecule has 5 heterocycles. The van der Waals surface area contributed by atoms with Gasteiger partial charge in [-0.25, -0.2) is 9.37 Å². The molecule has 9 heteroatoms. The van der Waals surface area contributed by atoms with Crippen molar-refractivity contribution in [3.63, 3.8) is 0 Å². The third-order valence-corrected chi connectivity index (χ3v) is 8.41. The Morgan fingerprint density at radius 3 is 2.81 bits per heavy atom. The van der Waals surface area contributed by atoms with E-state index in [4.69, 9.17) is 4.98 Å². The monoisotopic (exact) mass is 575 g/mol. The minimum absolute atomic E-state index is 0.0575. The second kappa shape index (κ2) is 11.5. The maximum atomic E-state index is 14.9. The van der Waals surface area contributed by atoms with Crippen molar-refractivity contribution in [1.82, 2.24) is 36.1 Å². The first-order valence-electron chi connectivity index (χ1n) is 14.9. The highest BCUT2D eigenvalue weighted by atomic mass is 19.1. The molecule has 3 aromatic heterocycles. The molecule has 0 saturated carbocycles. The molecule has 0 radical (unpaired) electrons. The molecule has 8 nitrogen and oxygen atoms in total. The maximum Gasteiger partial charge on any atom is 0.224 e. The first-order chi connectivity index (χ1) is 21.0. The number of fused-ring (bicyclic) bond motifs is 2. The van der Waals surface area contributed by atoms with Crippen molar-refractivity contribution in [1.29, 1.82) is 0 Å². The summed E-state index contributed by atoms with van der Waals surface area (Å²) < 4.78 is 14.9. The molecule has 218 valence electrons. The number of hydrogen-bond donors (Lipinski definition) is 5. The second-order valence-electron chi connectivity index (χ2n) is 11.6. The normalized spacial score (nSPS) is 17.3. The number of allylic oxidation sites excluding steroid dienone is 5. The largest absolute Gasteiger partial charge is 0.385 e. The fraction of sp³-hybridized carbons (Fsp3) is 0.265. The molecular weight excluding hydrogens is 541 g/mol. The van der Waals surface area contributed by atoms with Crippen LogP contribution in [0.4, 0.5) is 4.39 Å². The van der Waals surface area contributed by atoms with Gasteiger partial charge in [0.05, 0.1) is 23.4 Å². The van der Waals surface area contributed by atoms with Gasteiger partial charge in [-0.3, -0.25) is 9.89 Å². The van der Waals surface area contributed by atoms with Crippen LogP contribution < -0.4 is 16.0 Å². The number of aromatic amines is 2. The number of pyridine rings is 1. The average molecular weight is 576 g/mol. The zero-order chi connectivity index (χ0) is 29.3. The molecule has 3 aliphatic rings. The number of nitrogens with one attached hydrogen (secondary N) is 5. The Hall–Kier alpha value is -4.76. The molecule has 1 aliphatic carbocycles. The van der Waals surface area contributed by atoms with Gasteiger partial charge < -0.3 is 20.9 Å². The first kappa shape index (κ1) is 27.1. The van der Waals surface area contributed by atoms with E-state index >= 15 is 0 Å². The number of H-pyrrole nitrogens is 2. The van der Waals surface area contributed by atoms with Gasteiger partial charge in [-0.1, -0.05) is 35.9 Å². The molecule has 0 atom stereocenters. The highest BCUT2D eigenvalue weighted by molar-refractivity contribution is 5.93. The van der Waals surface area contributed by atoms with Crippen LogP contribution in [0.2, 0.25) is 0 Å². The van der Waals surface area contributed by atoms with Crippen LogP contribution in [0.5, 0.6) is 0 Å². The van der Waals surface area contributed by atoms with Crippen LogP contribution in [0.15, 0.2) is 78.2 Å². The summed E-state index contributed by atoms with van der Waals surface area (Å²) in [6.45, 7) is 4.59. The fourth-order valence-electron chi connectivity index (χ4n) is 6.18. The second-order valence-corrected chi connectivity index (χ2v) is 11.6. The molecule has 2 aliphatic heterocycles. The molecule has 4 aromatic rings. The Morgan fingerprint density at radius 1 is 1.09 bits per heavy atom. The number of carbonyl (C=O) groups is 1. The van der Waals surface area contributed by atoms with Gasteiger partial charge in [0, 0.05) is 47.1 Å². The van der Waals surface area contributed by atoms with Gasteiger partial charge in [0.1, 0.15) is 17.0 Å². The smallest absolute Gasteiger partial charge is 0.224 e. The van der Waals surface area contributed by atoms with Gasteiger partial charge in [0.2, 0.25) is 5.91 Å². The van der Waals surface area contributed by atoms with Crippen LogP contribution in [0.1, 0.15) is 48.7 Å². The Bertz CT molecular complexity index is 1830. The average Bonchev–Trinajstić information content (AvgIpc) is 3.58. The summed E-state index contributed by atoms with van der Waals surface area (Å²) in [6, 6.07) is 12.8. The van der Waals surface area contributed by atoms with Crippen molar-refractivity contribution >= 4 is 28.1 Å². The minimum atomic E-state index is -0.254. The van der Waals surface area contributed by atoms with E-state index in [0.717, 1.165) is 82.9 Å². The summed E-state index contributed by atoms with van der Waals surface area (Å²) in [6.07, 6.45) is 11.3. The molecule has 1 fully saturated rings. The summed E-state index contributed by atoms with van der Waals surface area (Å²) in [7, 11) is 0. The third-order valence-electron chi connectivity index (χ3n) is 8.41. The summed E-state index contributed by atoms with van der Waals surface area (Å²) in [4.78, 5) is 21.3. The standard InChI is InChI=1S/C34H34FN7O/c1-20-6-7-24(25-4-2-3-5-27(25)35)26-17-31(39-30(26)14-20)34-33-29(41-42-34)9-8-28(40-33)22-16-23(19-37-18-22)38-32(43)15-21-10-12-36-13-11-21/h2-9,16-18,21,36-37,39H,10-15,19H2,1H3,(H,38,43)(H,41,42). The molecule has 0 unspecified atom stereocenters. The number of carbonyl (C=O) groups excluding carboxylic acids is 1. The number of aromatic nitrogens is 4. The van der Waals surface area contributed by atoms with E-state index in [1.165, 1.54) is 11.6 Å². The maximum absolute atomic E-state index is 14.9. The van der Waals surface area contributed by atoms with Gasteiger partial charge in [-0.2, -0.15) is 5.10 Å². The summed E-state index contributed by atoms with van der Waals surface area (Å²) >= 11 is 0. The summed E-state index contributed by atoms with van der Waals surface area (Å²) in [5.41, 5.74) is 10.1. The lowest BCUT2D eigenvalue weighted by Crippen LogP contribution is -2.34. The van der Waals surface area contributed by atoms with E-state index in [0.29, 0.717) is 30.1 Å². The molecule has 5 N–H and O–H groups in total.